The zero-order chi connectivity index (χ0) is 39.0. The minimum Gasteiger partial charge on any atom is -0.346 e. The summed E-state index contributed by atoms with van der Waals surface area (Å²) in [5.74, 6) is -3.01. The number of amides is 5. The molecule has 4 N–H and O–H groups in total. The van der Waals surface area contributed by atoms with E-state index in [1.54, 1.807) is 0 Å². The van der Waals surface area contributed by atoms with Crippen molar-refractivity contribution in [1.82, 2.24) is 30.5 Å². The molecular formula is C38H60N6O7S. The number of likely N-dealkylation sites (tertiary alicyclic amines) is 1. The van der Waals surface area contributed by atoms with Crippen molar-refractivity contribution >= 4 is 39.6 Å². The molecule has 1 fully saturated rings. The lowest BCUT2D eigenvalue weighted by atomic mass is 9.86. The van der Waals surface area contributed by atoms with Crippen LogP contribution < -0.4 is 21.3 Å². The molecule has 14 heteroatoms. The molecule has 3 rings (SSSR count). The Bertz CT molecular complexity index is 1550. The summed E-state index contributed by atoms with van der Waals surface area (Å²) in [6, 6.07) is 3.67. The van der Waals surface area contributed by atoms with E-state index >= 15 is 0 Å². The van der Waals surface area contributed by atoms with Crippen molar-refractivity contribution in [3.05, 3.63) is 48.0 Å². The first-order chi connectivity index (χ1) is 24.3. The Hall–Kier alpha value is -3.78. The number of nitrogens with one attached hydrogen (secondary N) is 4. The fraction of sp³-hybridized carbons (Fsp3) is 0.658. The third-order valence-corrected chi connectivity index (χ3v) is 11.7. The van der Waals surface area contributed by atoms with E-state index < -0.39 is 69.1 Å². The number of sulfonamides is 1. The quantitative estimate of drug-likeness (QED) is 0.140. The molecule has 1 saturated heterocycles. The number of likely N-dealkylation sites (N-methyl/N-ethyl adjacent to an activating group) is 1. The minimum absolute atomic E-state index is 0.0130. The van der Waals surface area contributed by atoms with Gasteiger partial charge in [0.25, 0.3) is 5.91 Å². The molecule has 0 bridgehead atoms. The third-order valence-electron chi connectivity index (χ3n) is 10.4. The molecule has 1 aliphatic carbocycles. The van der Waals surface area contributed by atoms with Crippen molar-refractivity contribution in [3.8, 4) is 0 Å². The van der Waals surface area contributed by atoms with Crippen LogP contribution in [0.15, 0.2) is 36.9 Å². The largest absolute Gasteiger partial charge is 0.346 e. The first-order valence-corrected chi connectivity index (χ1v) is 20.2. The number of benzene rings is 1. The normalized spacial score (nSPS) is 19.5. The van der Waals surface area contributed by atoms with Gasteiger partial charge in [-0.25, -0.2) is 17.5 Å². The monoisotopic (exact) mass is 744 g/mol. The lowest BCUT2D eigenvalue weighted by molar-refractivity contribution is -0.144. The number of urea groups is 1. The maximum atomic E-state index is 14.8. The number of Topliss-reactive ketones (excluding diaryl/α,β-unsaturated/α-hetero) is 1. The number of ketones is 1. The van der Waals surface area contributed by atoms with E-state index in [-0.39, 0.29) is 43.8 Å². The summed E-state index contributed by atoms with van der Waals surface area (Å²) in [6.45, 7) is 15.6. The highest BCUT2D eigenvalue weighted by molar-refractivity contribution is 7.88. The zero-order valence-corrected chi connectivity index (χ0v) is 33.0. The van der Waals surface area contributed by atoms with Crippen molar-refractivity contribution in [3.63, 3.8) is 0 Å². The second kappa shape index (κ2) is 18.3. The Balaban J connectivity index is 1.95. The SMILES string of the molecule is C=CCNC(=O)C(=O)C(CCCC)NC(=O)[C@@H]1[C@@H](C(C)C)CCN1C(=O)[C@@H](NC(=O)N[C@H](CN(C)S(C)(=O)=O)C(C)(C)C)C1Cc2ccccc2C1. The molecule has 2 aliphatic rings. The number of carbonyl (C=O) groups excluding carboxylic acids is 5. The molecule has 13 nitrogen and oxygen atoms in total. The fourth-order valence-corrected chi connectivity index (χ4v) is 7.52. The Morgan fingerprint density at radius 2 is 1.65 bits per heavy atom. The van der Waals surface area contributed by atoms with Crippen molar-refractivity contribution < 1.29 is 32.4 Å². The van der Waals surface area contributed by atoms with Crippen LogP contribution in [0, 0.1) is 23.2 Å². The van der Waals surface area contributed by atoms with Gasteiger partial charge in [0.15, 0.2) is 0 Å². The van der Waals surface area contributed by atoms with Crippen LogP contribution in [0.2, 0.25) is 0 Å². The molecule has 290 valence electrons. The average Bonchev–Trinajstić information content (AvgIpc) is 3.71. The Morgan fingerprint density at radius 3 is 2.17 bits per heavy atom. The molecule has 0 aromatic heterocycles. The predicted molar refractivity (Wildman–Crippen MR) is 202 cm³/mol. The van der Waals surface area contributed by atoms with E-state index in [0.717, 1.165) is 23.8 Å². The van der Waals surface area contributed by atoms with Crippen LogP contribution in [0.5, 0.6) is 0 Å². The van der Waals surface area contributed by atoms with Crippen molar-refractivity contribution in [2.45, 2.75) is 104 Å². The standard InChI is InChI=1S/C38H60N6O7S/c1-10-12-17-29(33(45)35(47)39-19-11-2)40-34(46)32-28(24(3)4)18-20-44(32)36(48)31(27-21-25-15-13-14-16-26(25)22-27)42-37(49)41-30(38(5,6)7)23-43(8)52(9,50)51/h11,13-16,24,27-32H,2,10,12,17-23H2,1,3-9H3,(H,39,47)(H,40,46)(H2,41,42,49)/t28-,29?,30-,31+,32+/m1/s1. The topological polar surface area (TPSA) is 174 Å². The molecule has 5 amide bonds. The van der Waals surface area contributed by atoms with Gasteiger partial charge in [-0.2, -0.15) is 0 Å². The number of carbonyl (C=O) groups is 5. The first kappa shape index (κ1) is 42.6. The van der Waals surface area contributed by atoms with Gasteiger partial charge in [0.1, 0.15) is 12.1 Å². The molecule has 1 aromatic carbocycles. The van der Waals surface area contributed by atoms with Gasteiger partial charge in [-0.15, -0.1) is 6.58 Å². The van der Waals surface area contributed by atoms with E-state index in [2.05, 4.69) is 27.8 Å². The number of nitrogens with zero attached hydrogens (tertiary/aromatic N) is 2. The molecular weight excluding hydrogens is 685 g/mol. The molecule has 1 unspecified atom stereocenters. The van der Waals surface area contributed by atoms with E-state index in [9.17, 15) is 32.4 Å². The predicted octanol–water partition coefficient (Wildman–Crippen LogP) is 2.79. The van der Waals surface area contributed by atoms with Crippen LogP contribution in [0.3, 0.4) is 0 Å². The van der Waals surface area contributed by atoms with E-state index in [1.807, 2.05) is 65.8 Å². The fourth-order valence-electron chi connectivity index (χ4n) is 7.10. The Morgan fingerprint density at radius 1 is 1.04 bits per heavy atom. The van der Waals surface area contributed by atoms with Crippen molar-refractivity contribution in [2.24, 2.45) is 23.2 Å². The second-order valence-electron chi connectivity index (χ2n) is 15.7. The summed E-state index contributed by atoms with van der Waals surface area (Å²) in [7, 11) is -2.07. The molecule has 1 aromatic rings. The van der Waals surface area contributed by atoms with Crippen LogP contribution in [0.4, 0.5) is 4.79 Å². The first-order valence-electron chi connectivity index (χ1n) is 18.4. The lowest BCUT2D eigenvalue weighted by Crippen LogP contribution is -2.61. The minimum atomic E-state index is -3.52. The van der Waals surface area contributed by atoms with Gasteiger partial charge in [0, 0.05) is 32.7 Å². The Kier molecular flexibility index (Phi) is 15.0. The molecule has 52 heavy (non-hydrogen) atoms. The second-order valence-corrected chi connectivity index (χ2v) is 17.8. The van der Waals surface area contributed by atoms with Gasteiger partial charge in [0.05, 0.1) is 12.3 Å². The van der Waals surface area contributed by atoms with Crippen molar-refractivity contribution in [2.75, 3.05) is 32.9 Å². The van der Waals surface area contributed by atoms with E-state index in [4.69, 9.17) is 0 Å². The van der Waals surface area contributed by atoms with E-state index in [0.29, 0.717) is 25.7 Å². The summed E-state index contributed by atoms with van der Waals surface area (Å²) >= 11 is 0. The summed E-state index contributed by atoms with van der Waals surface area (Å²) < 4.78 is 25.7. The van der Waals surface area contributed by atoms with Crippen LogP contribution in [0.25, 0.3) is 0 Å². The Labute approximate surface area is 310 Å². The average molecular weight is 745 g/mol. The maximum absolute atomic E-state index is 14.8. The number of rotatable bonds is 17. The smallest absolute Gasteiger partial charge is 0.315 e. The van der Waals surface area contributed by atoms with Crippen LogP contribution in [-0.2, 0) is 42.0 Å². The number of fused-ring (bicyclic) bond motifs is 1. The number of hydrogen-bond acceptors (Lipinski definition) is 7. The van der Waals surface area contributed by atoms with Gasteiger partial charge in [-0.3, -0.25) is 19.2 Å². The molecule has 0 spiro atoms. The van der Waals surface area contributed by atoms with Crippen LogP contribution in [0.1, 0.15) is 78.4 Å². The molecule has 0 radical (unpaired) electrons. The van der Waals surface area contributed by atoms with Gasteiger partial charge in [0.2, 0.25) is 27.6 Å². The van der Waals surface area contributed by atoms with E-state index in [1.165, 1.54) is 22.3 Å². The summed E-state index contributed by atoms with van der Waals surface area (Å²) in [5, 5.41) is 11.2. The summed E-state index contributed by atoms with van der Waals surface area (Å²) in [4.78, 5) is 70.2. The van der Waals surface area contributed by atoms with Crippen LogP contribution in [-0.4, -0.2) is 104 Å². The van der Waals surface area contributed by atoms with Gasteiger partial charge in [-0.1, -0.05) is 84.7 Å². The highest BCUT2D eigenvalue weighted by Gasteiger charge is 2.48. The summed E-state index contributed by atoms with van der Waals surface area (Å²) in [6.07, 6.45) is 5.81. The third kappa shape index (κ3) is 11.1. The van der Waals surface area contributed by atoms with Gasteiger partial charge >= 0.3 is 6.03 Å². The highest BCUT2D eigenvalue weighted by Crippen LogP contribution is 2.35. The molecule has 0 saturated carbocycles. The zero-order valence-electron chi connectivity index (χ0n) is 32.2. The highest BCUT2D eigenvalue weighted by atomic mass is 32.2. The molecule has 1 aliphatic heterocycles. The number of hydrogen-bond donors (Lipinski definition) is 4. The van der Waals surface area contributed by atoms with Crippen LogP contribution >= 0.6 is 0 Å². The van der Waals surface area contributed by atoms with Gasteiger partial charge < -0.3 is 26.2 Å². The van der Waals surface area contributed by atoms with Crippen molar-refractivity contribution in [1.29, 1.82) is 0 Å². The van der Waals surface area contributed by atoms with Gasteiger partial charge in [-0.05, 0) is 60.0 Å². The molecule has 1 heterocycles. The summed E-state index contributed by atoms with van der Waals surface area (Å²) in [5.41, 5.74) is 1.63. The molecule has 5 atom stereocenters. The maximum Gasteiger partial charge on any atom is 0.315 e. The lowest BCUT2D eigenvalue weighted by Gasteiger charge is -2.36. The number of unbranched alkanes of at least 4 members (excludes halogenated alkanes) is 1.